The molecule has 1 aliphatic heterocycles. The zero-order valence-electron chi connectivity index (χ0n) is 13.5. The van der Waals surface area contributed by atoms with Crippen LogP contribution < -0.4 is 9.80 Å². The number of aromatic nitrogens is 2. The number of hydrogen-bond acceptors (Lipinski definition) is 5. The van der Waals surface area contributed by atoms with Crippen molar-refractivity contribution in [3.63, 3.8) is 0 Å². The van der Waals surface area contributed by atoms with Crippen LogP contribution in [0.25, 0.3) is 0 Å². The molecule has 1 amide bonds. The van der Waals surface area contributed by atoms with Crippen LogP contribution in [0.3, 0.4) is 0 Å². The first-order valence-corrected chi connectivity index (χ1v) is 7.77. The van der Waals surface area contributed by atoms with Crippen LogP contribution in [-0.2, 0) is 4.79 Å². The fraction of sp³-hybridized carbons (Fsp3) is 0.353. The molecule has 0 aliphatic carbocycles. The van der Waals surface area contributed by atoms with Crippen molar-refractivity contribution in [2.24, 2.45) is 0 Å². The zero-order valence-corrected chi connectivity index (χ0v) is 13.5. The van der Waals surface area contributed by atoms with Crippen molar-refractivity contribution in [2.45, 2.75) is 6.92 Å². The predicted molar refractivity (Wildman–Crippen MR) is 91.0 cm³/mol. The number of rotatable bonds is 3. The molecule has 0 bridgehead atoms. The fourth-order valence-corrected chi connectivity index (χ4v) is 2.69. The molecule has 23 heavy (non-hydrogen) atoms. The van der Waals surface area contributed by atoms with Gasteiger partial charge in [-0.1, -0.05) is 18.2 Å². The van der Waals surface area contributed by atoms with E-state index in [4.69, 9.17) is 0 Å². The predicted octanol–water partition coefficient (Wildman–Crippen LogP) is 1.91. The van der Waals surface area contributed by atoms with Gasteiger partial charge in [-0.25, -0.2) is 4.98 Å². The van der Waals surface area contributed by atoms with Gasteiger partial charge in [-0.3, -0.25) is 4.79 Å². The Labute approximate surface area is 136 Å². The van der Waals surface area contributed by atoms with E-state index in [1.165, 1.54) is 0 Å². The van der Waals surface area contributed by atoms with Crippen LogP contribution in [0.15, 0.2) is 42.6 Å². The largest absolute Gasteiger partial charge is 0.353 e. The Morgan fingerprint density at radius 3 is 2.43 bits per heavy atom. The van der Waals surface area contributed by atoms with E-state index in [1.807, 2.05) is 53.2 Å². The highest BCUT2D eigenvalue weighted by atomic mass is 16.2. The van der Waals surface area contributed by atoms with Crippen LogP contribution in [0.2, 0.25) is 0 Å². The Kier molecular flexibility index (Phi) is 4.41. The van der Waals surface area contributed by atoms with Gasteiger partial charge in [0.25, 0.3) is 0 Å². The molecule has 1 saturated heterocycles. The molecule has 0 saturated carbocycles. The van der Waals surface area contributed by atoms with Crippen molar-refractivity contribution in [2.75, 3.05) is 43.0 Å². The van der Waals surface area contributed by atoms with Gasteiger partial charge in [0.05, 0.1) is 0 Å². The summed E-state index contributed by atoms with van der Waals surface area (Å²) >= 11 is 0. The molecule has 6 nitrogen and oxygen atoms in total. The second-order valence-electron chi connectivity index (χ2n) is 5.60. The van der Waals surface area contributed by atoms with Crippen molar-refractivity contribution < 1.29 is 4.79 Å². The highest BCUT2D eigenvalue weighted by Crippen LogP contribution is 2.22. The second kappa shape index (κ2) is 6.64. The summed E-state index contributed by atoms with van der Waals surface area (Å²) in [7, 11) is 1.96. The summed E-state index contributed by atoms with van der Waals surface area (Å²) in [5.41, 5.74) is 1.05. The van der Waals surface area contributed by atoms with Gasteiger partial charge in [0.15, 0.2) is 0 Å². The average molecular weight is 311 g/mol. The monoisotopic (exact) mass is 311 g/mol. The first-order chi connectivity index (χ1) is 11.1. The van der Waals surface area contributed by atoms with Crippen LogP contribution in [0.4, 0.5) is 17.5 Å². The van der Waals surface area contributed by atoms with E-state index in [2.05, 4.69) is 14.9 Å². The third-order valence-corrected chi connectivity index (χ3v) is 4.12. The van der Waals surface area contributed by atoms with Gasteiger partial charge in [0.2, 0.25) is 11.9 Å². The summed E-state index contributed by atoms with van der Waals surface area (Å²) in [6.45, 7) is 4.69. The molecule has 2 aromatic rings. The van der Waals surface area contributed by atoms with Crippen LogP contribution in [-0.4, -0.2) is 54.0 Å². The maximum absolute atomic E-state index is 11.4. The number of nitrogens with zero attached hydrogens (tertiary/aromatic N) is 5. The topological polar surface area (TPSA) is 52.6 Å². The standard InChI is InChI=1S/C17H21N5O/c1-14(23)21-10-12-22(13-11-21)16-8-9-18-17(19-16)20(2)15-6-4-3-5-7-15/h3-9H,10-13H2,1-2H3. The van der Waals surface area contributed by atoms with Crippen molar-refractivity contribution >= 4 is 23.4 Å². The zero-order chi connectivity index (χ0) is 16.2. The van der Waals surface area contributed by atoms with E-state index >= 15 is 0 Å². The van der Waals surface area contributed by atoms with Crippen molar-refractivity contribution in [1.29, 1.82) is 0 Å². The van der Waals surface area contributed by atoms with Crippen LogP contribution in [0.1, 0.15) is 6.92 Å². The number of para-hydroxylation sites is 1. The van der Waals surface area contributed by atoms with Crippen LogP contribution >= 0.6 is 0 Å². The summed E-state index contributed by atoms with van der Waals surface area (Å²) in [6.07, 6.45) is 1.79. The Bertz CT molecular complexity index is 668. The summed E-state index contributed by atoms with van der Waals surface area (Å²) in [5, 5.41) is 0. The lowest BCUT2D eigenvalue weighted by molar-refractivity contribution is -0.129. The smallest absolute Gasteiger partial charge is 0.231 e. The number of amides is 1. The van der Waals surface area contributed by atoms with Gasteiger partial charge >= 0.3 is 0 Å². The van der Waals surface area contributed by atoms with E-state index in [1.54, 1.807) is 13.1 Å². The minimum Gasteiger partial charge on any atom is -0.353 e. The fourth-order valence-electron chi connectivity index (χ4n) is 2.69. The van der Waals surface area contributed by atoms with Crippen LogP contribution in [0, 0.1) is 0 Å². The molecule has 1 aliphatic rings. The second-order valence-corrected chi connectivity index (χ2v) is 5.60. The highest BCUT2D eigenvalue weighted by molar-refractivity contribution is 5.73. The highest BCUT2D eigenvalue weighted by Gasteiger charge is 2.20. The average Bonchev–Trinajstić information content (AvgIpc) is 2.62. The number of carbonyl (C=O) groups is 1. The molecule has 6 heteroatoms. The summed E-state index contributed by atoms with van der Waals surface area (Å²) in [5.74, 6) is 1.71. The van der Waals surface area contributed by atoms with E-state index in [-0.39, 0.29) is 5.91 Å². The number of hydrogen-bond donors (Lipinski definition) is 0. The maximum atomic E-state index is 11.4. The minimum absolute atomic E-state index is 0.136. The van der Waals surface area contributed by atoms with E-state index in [0.29, 0.717) is 5.95 Å². The molecule has 2 heterocycles. The third kappa shape index (κ3) is 3.41. The van der Waals surface area contributed by atoms with Gasteiger partial charge in [-0.15, -0.1) is 0 Å². The molecule has 120 valence electrons. The molecule has 0 N–H and O–H groups in total. The Morgan fingerprint density at radius 2 is 1.78 bits per heavy atom. The first-order valence-electron chi connectivity index (χ1n) is 7.77. The van der Waals surface area contributed by atoms with E-state index < -0.39 is 0 Å². The van der Waals surface area contributed by atoms with Crippen molar-refractivity contribution in [3.05, 3.63) is 42.6 Å². The minimum atomic E-state index is 0.136. The molecule has 1 aromatic carbocycles. The molecule has 1 aromatic heterocycles. The lowest BCUT2D eigenvalue weighted by Gasteiger charge is -2.35. The van der Waals surface area contributed by atoms with E-state index in [0.717, 1.165) is 37.7 Å². The van der Waals surface area contributed by atoms with Gasteiger partial charge < -0.3 is 14.7 Å². The Hall–Kier alpha value is -2.63. The normalized spacial score (nSPS) is 14.7. The van der Waals surface area contributed by atoms with Gasteiger partial charge in [0, 0.05) is 52.0 Å². The molecule has 0 atom stereocenters. The molecule has 0 radical (unpaired) electrons. The quantitative estimate of drug-likeness (QED) is 0.867. The van der Waals surface area contributed by atoms with Crippen LogP contribution in [0.5, 0.6) is 0 Å². The third-order valence-electron chi connectivity index (χ3n) is 4.12. The summed E-state index contributed by atoms with van der Waals surface area (Å²) in [4.78, 5) is 26.5. The van der Waals surface area contributed by atoms with Gasteiger partial charge in [0.1, 0.15) is 5.82 Å². The SMILES string of the molecule is CC(=O)N1CCN(c2ccnc(N(C)c3ccccc3)n2)CC1. The Balaban J connectivity index is 1.74. The van der Waals surface area contributed by atoms with Crippen molar-refractivity contribution in [1.82, 2.24) is 14.9 Å². The Morgan fingerprint density at radius 1 is 1.09 bits per heavy atom. The molecule has 1 fully saturated rings. The summed E-state index contributed by atoms with van der Waals surface area (Å²) < 4.78 is 0. The number of carbonyl (C=O) groups excluding carboxylic acids is 1. The summed E-state index contributed by atoms with van der Waals surface area (Å²) in [6, 6.07) is 12.0. The number of benzene rings is 1. The lowest BCUT2D eigenvalue weighted by atomic mass is 10.3. The molecule has 0 spiro atoms. The lowest BCUT2D eigenvalue weighted by Crippen LogP contribution is -2.48. The molecule has 0 unspecified atom stereocenters. The molecular formula is C17H21N5O. The van der Waals surface area contributed by atoms with Gasteiger partial charge in [-0.2, -0.15) is 4.98 Å². The van der Waals surface area contributed by atoms with Crippen molar-refractivity contribution in [3.8, 4) is 0 Å². The number of anilines is 3. The van der Waals surface area contributed by atoms with Gasteiger partial charge in [-0.05, 0) is 18.2 Å². The maximum Gasteiger partial charge on any atom is 0.231 e. The van der Waals surface area contributed by atoms with E-state index in [9.17, 15) is 4.79 Å². The molecular weight excluding hydrogens is 290 g/mol. The number of piperazine rings is 1. The first kappa shape index (κ1) is 15.3. The molecule has 3 rings (SSSR count).